The lowest BCUT2D eigenvalue weighted by Crippen LogP contribution is -2.03. The molecule has 0 saturated carbocycles. The Morgan fingerprint density at radius 3 is 2.46 bits per heavy atom. The van der Waals surface area contributed by atoms with Gasteiger partial charge in [0.2, 0.25) is 0 Å². The monoisotopic (exact) mass is 270 g/mol. The molecular weight excluding hydrogens is 269 g/mol. The van der Waals surface area contributed by atoms with Crippen LogP contribution in [0.5, 0.6) is 0 Å². The molecule has 0 aliphatic rings. The summed E-state index contributed by atoms with van der Waals surface area (Å²) in [6.45, 7) is 0. The third kappa shape index (κ3) is 1.81. The summed E-state index contributed by atoms with van der Waals surface area (Å²) in [5.41, 5.74) is -0.756. The third-order valence-electron chi connectivity index (χ3n) is 1.33. The van der Waals surface area contributed by atoms with Crippen molar-refractivity contribution < 1.29 is 18.7 Å². The zero-order chi connectivity index (χ0) is 10.2. The van der Waals surface area contributed by atoms with Crippen LogP contribution in [0.2, 0.25) is 5.02 Å². The summed E-state index contributed by atoms with van der Waals surface area (Å²) >= 11 is 8.10. The van der Waals surface area contributed by atoms with Gasteiger partial charge in [-0.05, 0) is 22.0 Å². The van der Waals surface area contributed by atoms with Gasteiger partial charge in [0.1, 0.15) is 0 Å². The molecule has 1 aromatic rings. The Morgan fingerprint density at radius 2 is 2.00 bits per heavy atom. The fourth-order valence-corrected chi connectivity index (χ4v) is 1.27. The number of hydrogen-bond donors (Lipinski definition) is 1. The fourth-order valence-electron chi connectivity index (χ4n) is 0.728. The number of carbonyl (C=O) groups is 1. The minimum atomic E-state index is -1.55. The maximum atomic E-state index is 12.8. The molecule has 13 heavy (non-hydrogen) atoms. The Labute approximate surface area is 85.3 Å². The highest BCUT2D eigenvalue weighted by Crippen LogP contribution is 2.29. The molecule has 1 rings (SSSR count). The largest absolute Gasteiger partial charge is 0.478 e. The van der Waals surface area contributed by atoms with Gasteiger partial charge in [0.25, 0.3) is 0 Å². The fraction of sp³-hybridized carbons (Fsp3) is 0. The second-order valence-corrected chi connectivity index (χ2v) is 3.39. The van der Waals surface area contributed by atoms with Crippen LogP contribution in [-0.4, -0.2) is 11.1 Å². The van der Waals surface area contributed by atoms with E-state index >= 15 is 0 Å². The van der Waals surface area contributed by atoms with E-state index in [0.29, 0.717) is 0 Å². The molecule has 2 nitrogen and oxygen atoms in total. The van der Waals surface area contributed by atoms with Crippen LogP contribution in [0.4, 0.5) is 8.78 Å². The zero-order valence-corrected chi connectivity index (χ0v) is 8.29. The Morgan fingerprint density at radius 1 is 1.46 bits per heavy atom. The first-order valence-corrected chi connectivity index (χ1v) is 4.18. The Balaban J connectivity index is 3.50. The molecule has 0 aliphatic heterocycles. The van der Waals surface area contributed by atoms with E-state index in [4.69, 9.17) is 16.7 Å². The van der Waals surface area contributed by atoms with E-state index in [1.807, 2.05) is 0 Å². The second kappa shape index (κ2) is 3.59. The van der Waals surface area contributed by atoms with E-state index in [0.717, 1.165) is 6.07 Å². The predicted molar refractivity (Wildman–Crippen MR) is 46.0 cm³/mol. The van der Waals surface area contributed by atoms with Gasteiger partial charge in [0, 0.05) is 4.47 Å². The third-order valence-corrected chi connectivity index (χ3v) is 2.56. The van der Waals surface area contributed by atoms with E-state index in [-0.39, 0.29) is 4.47 Å². The quantitative estimate of drug-likeness (QED) is 0.629. The van der Waals surface area contributed by atoms with Crippen LogP contribution in [0.3, 0.4) is 0 Å². The van der Waals surface area contributed by atoms with Gasteiger partial charge in [-0.1, -0.05) is 11.6 Å². The minimum absolute atomic E-state index is 0.00506. The number of carboxylic acid groups (broad SMARTS) is 1. The van der Waals surface area contributed by atoms with Gasteiger partial charge in [-0.25, -0.2) is 13.6 Å². The van der Waals surface area contributed by atoms with Crippen molar-refractivity contribution in [1.29, 1.82) is 0 Å². The van der Waals surface area contributed by atoms with Gasteiger partial charge in [0.05, 0.1) is 10.6 Å². The number of benzene rings is 1. The molecule has 1 aromatic carbocycles. The summed E-state index contributed by atoms with van der Waals surface area (Å²) in [7, 11) is 0. The van der Waals surface area contributed by atoms with Crippen LogP contribution in [0.25, 0.3) is 0 Å². The molecule has 0 spiro atoms. The van der Waals surface area contributed by atoms with Gasteiger partial charge >= 0.3 is 5.97 Å². The van der Waals surface area contributed by atoms with Crippen molar-refractivity contribution >= 4 is 33.5 Å². The Kier molecular flexibility index (Phi) is 2.87. The molecule has 0 saturated heterocycles. The van der Waals surface area contributed by atoms with Crippen LogP contribution >= 0.6 is 27.5 Å². The molecule has 0 aliphatic carbocycles. The predicted octanol–water partition coefficient (Wildman–Crippen LogP) is 3.08. The van der Waals surface area contributed by atoms with Crippen LogP contribution in [0.15, 0.2) is 10.5 Å². The van der Waals surface area contributed by atoms with E-state index in [2.05, 4.69) is 15.9 Å². The molecule has 6 heteroatoms. The van der Waals surface area contributed by atoms with Crippen LogP contribution in [0, 0.1) is 11.6 Å². The van der Waals surface area contributed by atoms with Gasteiger partial charge in [-0.2, -0.15) is 0 Å². The second-order valence-electron chi connectivity index (χ2n) is 2.15. The summed E-state index contributed by atoms with van der Waals surface area (Å²) in [5, 5.41) is 7.96. The number of carboxylic acids is 1. The summed E-state index contributed by atoms with van der Waals surface area (Å²) in [4.78, 5) is 10.4. The normalized spacial score (nSPS) is 10.2. The van der Waals surface area contributed by atoms with E-state index in [9.17, 15) is 13.6 Å². The topological polar surface area (TPSA) is 37.3 Å². The molecule has 1 N–H and O–H groups in total. The molecule has 0 amide bonds. The minimum Gasteiger partial charge on any atom is -0.478 e. The average Bonchev–Trinajstić information content (AvgIpc) is 2.07. The number of hydrogen-bond acceptors (Lipinski definition) is 1. The van der Waals surface area contributed by atoms with Crippen molar-refractivity contribution in [1.82, 2.24) is 0 Å². The summed E-state index contributed by atoms with van der Waals surface area (Å²) < 4.78 is 25.6. The van der Waals surface area contributed by atoms with Crippen molar-refractivity contribution in [3.8, 4) is 0 Å². The molecule has 0 bridgehead atoms. The van der Waals surface area contributed by atoms with Crippen molar-refractivity contribution in [3.63, 3.8) is 0 Å². The van der Waals surface area contributed by atoms with Gasteiger partial charge in [0.15, 0.2) is 11.6 Å². The molecule has 0 aromatic heterocycles. The Hall–Kier alpha value is -0.680. The van der Waals surface area contributed by atoms with E-state index < -0.39 is 28.2 Å². The molecular formula is C7H2BrClF2O2. The SMILES string of the molecule is O=C(O)c1cc(Br)c(Cl)c(F)c1F. The molecule has 70 valence electrons. The maximum Gasteiger partial charge on any atom is 0.338 e. The first-order chi connectivity index (χ1) is 5.95. The first kappa shape index (κ1) is 10.4. The molecule has 0 fully saturated rings. The van der Waals surface area contributed by atoms with Gasteiger partial charge < -0.3 is 5.11 Å². The summed E-state index contributed by atoms with van der Waals surface area (Å²) in [6.07, 6.45) is 0. The van der Waals surface area contributed by atoms with Crippen LogP contribution < -0.4 is 0 Å². The first-order valence-electron chi connectivity index (χ1n) is 3.01. The summed E-state index contributed by atoms with van der Waals surface area (Å²) in [6, 6.07) is 0.906. The van der Waals surface area contributed by atoms with E-state index in [1.54, 1.807) is 0 Å². The van der Waals surface area contributed by atoms with Gasteiger partial charge in [-0.15, -0.1) is 0 Å². The number of rotatable bonds is 1. The van der Waals surface area contributed by atoms with Crippen molar-refractivity contribution in [2.75, 3.05) is 0 Å². The lowest BCUT2D eigenvalue weighted by Gasteiger charge is -2.02. The van der Waals surface area contributed by atoms with E-state index in [1.165, 1.54) is 0 Å². The van der Waals surface area contributed by atoms with Gasteiger partial charge in [-0.3, -0.25) is 0 Å². The number of aromatic carboxylic acids is 1. The number of halogens is 4. The highest BCUT2D eigenvalue weighted by Gasteiger charge is 2.19. The average molecular weight is 271 g/mol. The highest BCUT2D eigenvalue weighted by atomic mass is 79.9. The smallest absolute Gasteiger partial charge is 0.338 e. The van der Waals surface area contributed by atoms with Crippen LogP contribution in [-0.2, 0) is 0 Å². The molecule has 0 heterocycles. The highest BCUT2D eigenvalue weighted by molar-refractivity contribution is 9.10. The maximum absolute atomic E-state index is 12.8. The zero-order valence-electron chi connectivity index (χ0n) is 5.94. The molecule has 0 radical (unpaired) electrons. The lowest BCUT2D eigenvalue weighted by molar-refractivity contribution is 0.0690. The molecule has 0 unspecified atom stereocenters. The van der Waals surface area contributed by atoms with Crippen molar-refractivity contribution in [3.05, 3.63) is 32.8 Å². The van der Waals surface area contributed by atoms with Crippen LogP contribution in [0.1, 0.15) is 10.4 Å². The Bertz CT molecular complexity index is 381. The molecule has 0 atom stereocenters. The van der Waals surface area contributed by atoms with Crippen molar-refractivity contribution in [2.24, 2.45) is 0 Å². The lowest BCUT2D eigenvalue weighted by atomic mass is 10.2. The summed E-state index contributed by atoms with van der Waals surface area (Å²) in [5.74, 6) is -4.37. The van der Waals surface area contributed by atoms with Crippen molar-refractivity contribution in [2.45, 2.75) is 0 Å². The standard InChI is InChI=1S/C7H2BrClF2O2/c8-3-1-2(7(12)13)5(10)6(11)4(3)9/h1H,(H,12,13).